The van der Waals surface area contributed by atoms with Crippen LogP contribution in [0.4, 0.5) is 4.79 Å². The Balaban J connectivity index is 1.71. The minimum Gasteiger partial charge on any atom is -0.460 e. The van der Waals surface area contributed by atoms with Crippen LogP contribution in [0, 0.1) is 28.6 Å². The van der Waals surface area contributed by atoms with Crippen molar-refractivity contribution in [2.45, 2.75) is 58.5 Å². The Hall–Kier alpha value is -2.81. The fourth-order valence-electron chi connectivity index (χ4n) is 7.04. The highest BCUT2D eigenvalue weighted by Crippen LogP contribution is 2.66. The Kier molecular flexibility index (Phi) is 5.59. The number of primary amides is 1. The number of hydrogen-bond acceptors (Lipinski definition) is 7. The first-order valence-electron chi connectivity index (χ1n) is 11.4. The van der Waals surface area contributed by atoms with Crippen molar-refractivity contribution in [1.29, 1.82) is 0 Å². The van der Waals surface area contributed by atoms with Gasteiger partial charge in [0.1, 0.15) is 23.7 Å². The quantitative estimate of drug-likeness (QED) is 0.333. The molecule has 0 bridgehead atoms. The van der Waals surface area contributed by atoms with Gasteiger partial charge in [0.25, 0.3) is 0 Å². The first kappa shape index (κ1) is 23.4. The average Bonchev–Trinajstić information content (AvgIpc) is 2.99. The number of aliphatic hydroxyl groups is 1. The molecule has 2 amide bonds. The fraction of sp³-hybridized carbons (Fsp3) is 0.625. The molecule has 178 valence electrons. The van der Waals surface area contributed by atoms with E-state index in [9.17, 15) is 24.3 Å². The predicted molar refractivity (Wildman–Crippen MR) is 119 cm³/mol. The monoisotopic (exact) mass is 457 g/mol. The molecule has 0 saturated heterocycles. The van der Waals surface area contributed by atoms with E-state index in [1.807, 2.05) is 19.9 Å². The highest BCUT2D eigenvalue weighted by atomic mass is 16.5. The summed E-state index contributed by atoms with van der Waals surface area (Å²) in [6.07, 6.45) is 7.69. The Morgan fingerprint density at radius 2 is 2.03 bits per heavy atom. The van der Waals surface area contributed by atoms with Gasteiger partial charge in [0.15, 0.2) is 5.78 Å². The van der Waals surface area contributed by atoms with Crippen LogP contribution < -0.4 is 11.2 Å². The number of esters is 1. The van der Waals surface area contributed by atoms with Gasteiger partial charge >= 0.3 is 12.0 Å². The predicted octanol–water partition coefficient (Wildman–Crippen LogP) is 1.79. The van der Waals surface area contributed by atoms with Gasteiger partial charge in [0.05, 0.1) is 0 Å². The third-order valence-corrected chi connectivity index (χ3v) is 8.60. The molecule has 6 atom stereocenters. The number of nitrogens with two attached hydrogens (primary N) is 1. The molecule has 4 aliphatic rings. The van der Waals surface area contributed by atoms with Gasteiger partial charge in [-0.1, -0.05) is 25.5 Å². The van der Waals surface area contributed by atoms with Crippen LogP contribution in [-0.2, 0) is 19.1 Å². The molecule has 0 aromatic rings. The summed E-state index contributed by atoms with van der Waals surface area (Å²) in [5, 5.41) is 15.9. The zero-order valence-corrected chi connectivity index (χ0v) is 19.2. The van der Waals surface area contributed by atoms with Crippen molar-refractivity contribution < 1.29 is 29.0 Å². The lowest BCUT2D eigenvalue weighted by Crippen LogP contribution is -2.61. The third-order valence-electron chi connectivity index (χ3n) is 8.60. The van der Waals surface area contributed by atoms with Crippen LogP contribution >= 0.6 is 0 Å². The lowest BCUT2D eigenvalue weighted by atomic mass is 9.46. The van der Waals surface area contributed by atoms with Crippen molar-refractivity contribution in [3.05, 3.63) is 23.8 Å². The number of nitrogens with one attached hydrogen (secondary N) is 1. The molecule has 9 nitrogen and oxygen atoms in total. The number of rotatable bonds is 4. The molecule has 9 heteroatoms. The second-order valence-corrected chi connectivity index (χ2v) is 10.2. The van der Waals surface area contributed by atoms with E-state index in [1.54, 1.807) is 12.2 Å². The molecule has 0 aromatic heterocycles. The number of hydrogen-bond donors (Lipinski definition) is 3. The van der Waals surface area contributed by atoms with E-state index in [2.05, 4.69) is 10.5 Å². The van der Waals surface area contributed by atoms with Gasteiger partial charge in [0, 0.05) is 30.1 Å². The Bertz CT molecular complexity index is 1020. The molecule has 33 heavy (non-hydrogen) atoms. The number of allylic oxidation sites excluding steroid dienone is 4. The highest BCUT2D eigenvalue weighted by Gasteiger charge is 2.67. The number of amides is 2. The van der Waals surface area contributed by atoms with Gasteiger partial charge < -0.3 is 15.6 Å². The summed E-state index contributed by atoms with van der Waals surface area (Å²) < 4.78 is 5.11. The van der Waals surface area contributed by atoms with E-state index < -0.39 is 28.4 Å². The molecule has 4 aliphatic carbocycles. The van der Waals surface area contributed by atoms with Gasteiger partial charge in [-0.15, -0.1) is 0 Å². The number of ketones is 2. The summed E-state index contributed by atoms with van der Waals surface area (Å²) in [5.41, 5.74) is 5.49. The summed E-state index contributed by atoms with van der Waals surface area (Å²) >= 11 is 0. The van der Waals surface area contributed by atoms with E-state index >= 15 is 0 Å². The first-order valence-corrected chi connectivity index (χ1v) is 11.4. The number of carbonyl (C=O) groups excluding carboxylic acids is 4. The zero-order valence-electron chi connectivity index (χ0n) is 19.2. The first-order chi connectivity index (χ1) is 15.4. The van der Waals surface area contributed by atoms with Crippen LogP contribution in [0.1, 0.15) is 52.9 Å². The lowest BCUT2D eigenvalue weighted by Gasteiger charge is -2.57. The fourth-order valence-corrected chi connectivity index (χ4v) is 7.04. The molecular weight excluding hydrogens is 426 g/mol. The van der Waals surface area contributed by atoms with Crippen molar-refractivity contribution in [2.24, 2.45) is 39.4 Å². The van der Waals surface area contributed by atoms with Crippen molar-refractivity contribution in [1.82, 2.24) is 5.43 Å². The van der Waals surface area contributed by atoms with Crippen molar-refractivity contribution in [3.8, 4) is 0 Å². The van der Waals surface area contributed by atoms with Gasteiger partial charge in [-0.25, -0.2) is 10.2 Å². The summed E-state index contributed by atoms with van der Waals surface area (Å²) in [6.45, 7) is 4.85. The molecule has 3 fully saturated rings. The molecule has 0 heterocycles. The second-order valence-electron chi connectivity index (χ2n) is 10.2. The Morgan fingerprint density at radius 3 is 2.70 bits per heavy atom. The molecule has 0 aliphatic heterocycles. The minimum atomic E-state index is -1.55. The maximum atomic E-state index is 13.7. The third kappa shape index (κ3) is 3.53. The summed E-state index contributed by atoms with van der Waals surface area (Å²) in [6, 6.07) is -0.906. The topological polar surface area (TPSA) is 148 Å². The number of nitrogens with zero attached hydrogens (tertiary/aromatic N) is 1. The van der Waals surface area contributed by atoms with E-state index in [-0.39, 0.29) is 48.1 Å². The van der Waals surface area contributed by atoms with Crippen LogP contribution in [0.25, 0.3) is 0 Å². The summed E-state index contributed by atoms with van der Waals surface area (Å²) in [7, 11) is 0. The number of urea groups is 1. The van der Waals surface area contributed by atoms with E-state index in [1.165, 1.54) is 6.92 Å². The van der Waals surface area contributed by atoms with Crippen molar-refractivity contribution >= 4 is 29.3 Å². The van der Waals surface area contributed by atoms with Gasteiger partial charge in [0.2, 0.25) is 0 Å². The van der Waals surface area contributed by atoms with Crippen molar-refractivity contribution in [2.75, 3.05) is 6.61 Å². The molecule has 3 saturated carbocycles. The minimum absolute atomic E-state index is 0.0192. The number of carbonyl (C=O) groups is 4. The maximum Gasteiger partial charge on any atom is 0.332 e. The van der Waals surface area contributed by atoms with Crippen LogP contribution in [-0.4, -0.2) is 46.6 Å². The van der Waals surface area contributed by atoms with Crippen LogP contribution in [0.15, 0.2) is 28.9 Å². The molecule has 0 aromatic carbocycles. The number of fused-ring (bicyclic) bond motifs is 5. The number of Topliss-reactive ketones (excluding diaryl/α,β-unsaturated/α-hetero) is 1. The number of hydrazone groups is 1. The van der Waals surface area contributed by atoms with Gasteiger partial charge in [-0.2, -0.15) is 5.10 Å². The van der Waals surface area contributed by atoms with Crippen LogP contribution in [0.5, 0.6) is 0 Å². The van der Waals surface area contributed by atoms with E-state index in [0.29, 0.717) is 12.8 Å². The molecule has 0 spiro atoms. The molecule has 4 rings (SSSR count). The second kappa shape index (κ2) is 7.90. The standard InChI is InChI=1S/C24H31N3O6/c1-13(28)33-12-19(26-27-21(25)31)24(32)9-7-17-16-5-4-14-10-15(29)6-8-22(14,2)20(16)18(30)11-23(17,24)3/h6,8,10,16-17,20,32H,4-5,7,9,11-12H2,1-3H3,(H3,25,27,31)/b26-19+/t16-,17-,20+,22-,23-,24+/m0/s1. The van der Waals surface area contributed by atoms with E-state index in [4.69, 9.17) is 10.5 Å². The van der Waals surface area contributed by atoms with Gasteiger partial charge in [-0.05, 0) is 49.7 Å². The highest BCUT2D eigenvalue weighted by molar-refractivity contribution is 6.02. The Labute approximate surface area is 192 Å². The average molecular weight is 458 g/mol. The molecular formula is C24H31N3O6. The molecule has 4 N–H and O–H groups in total. The Morgan fingerprint density at radius 1 is 1.30 bits per heavy atom. The molecule has 0 unspecified atom stereocenters. The molecule has 0 radical (unpaired) electrons. The normalized spacial score (nSPS) is 39.8. The maximum absolute atomic E-state index is 13.7. The summed E-state index contributed by atoms with van der Waals surface area (Å²) in [4.78, 5) is 48.4. The van der Waals surface area contributed by atoms with Crippen LogP contribution in [0.3, 0.4) is 0 Å². The van der Waals surface area contributed by atoms with E-state index in [0.717, 1.165) is 18.4 Å². The van der Waals surface area contributed by atoms with Crippen LogP contribution in [0.2, 0.25) is 0 Å². The summed E-state index contributed by atoms with van der Waals surface area (Å²) in [5.74, 6) is -0.767. The van der Waals surface area contributed by atoms with Crippen molar-refractivity contribution in [3.63, 3.8) is 0 Å². The van der Waals surface area contributed by atoms with Gasteiger partial charge in [-0.3, -0.25) is 14.4 Å². The largest absolute Gasteiger partial charge is 0.460 e. The SMILES string of the molecule is CC(=O)OC/C(=N\NC(N)=O)[C@]1(O)CC[C@H]2[C@@H]3CCC4=CC(=O)C=C[C@]4(C)[C@H]3C(=O)C[C@@]21C. The number of ether oxygens (including phenoxy) is 1. The zero-order chi connectivity index (χ0) is 24.2. The smallest absolute Gasteiger partial charge is 0.332 e. The lowest BCUT2D eigenvalue weighted by molar-refractivity contribution is -0.150.